The summed E-state index contributed by atoms with van der Waals surface area (Å²) in [6.07, 6.45) is 1.53. The third-order valence-electron chi connectivity index (χ3n) is 4.06. The standard InChI is InChI=1S/C21H16N2O2S/c1-13-5-10-17-19(11-13)26-21(23-17)14-6-8-16(9-7-14)22-12-15-3-2-4-18(24)20(15)25/h2-12,24-25H,1H3. The number of phenolic OH excluding ortho intramolecular Hbond substituents is 2. The fraction of sp³-hybridized carbons (Fsp3) is 0.0476. The number of rotatable bonds is 3. The van der Waals surface area contributed by atoms with Gasteiger partial charge in [0.2, 0.25) is 0 Å². The Hall–Kier alpha value is -3.18. The molecule has 3 aromatic carbocycles. The summed E-state index contributed by atoms with van der Waals surface area (Å²) in [5.41, 5.74) is 4.51. The number of hydrogen-bond acceptors (Lipinski definition) is 5. The third-order valence-corrected chi connectivity index (χ3v) is 5.12. The predicted octanol–water partition coefficient (Wildman–Crippen LogP) is 5.43. The highest BCUT2D eigenvalue weighted by Crippen LogP contribution is 2.32. The van der Waals surface area contributed by atoms with Crippen LogP contribution in [-0.2, 0) is 0 Å². The summed E-state index contributed by atoms with van der Waals surface area (Å²) in [6.45, 7) is 2.08. The van der Waals surface area contributed by atoms with Crippen LogP contribution >= 0.6 is 11.3 Å². The number of nitrogens with zero attached hydrogens (tertiary/aromatic N) is 2. The average molecular weight is 360 g/mol. The highest BCUT2D eigenvalue weighted by atomic mass is 32.1. The minimum atomic E-state index is -0.169. The molecule has 0 amide bonds. The molecule has 26 heavy (non-hydrogen) atoms. The number of para-hydroxylation sites is 1. The van der Waals surface area contributed by atoms with Gasteiger partial charge in [-0.25, -0.2) is 4.98 Å². The second-order valence-corrected chi connectivity index (χ2v) is 7.04. The zero-order chi connectivity index (χ0) is 18.1. The molecule has 0 aliphatic rings. The number of aromatic hydroxyl groups is 2. The molecule has 1 heterocycles. The lowest BCUT2D eigenvalue weighted by molar-refractivity contribution is 0.403. The van der Waals surface area contributed by atoms with E-state index in [1.807, 2.05) is 30.3 Å². The Kier molecular flexibility index (Phi) is 4.14. The third kappa shape index (κ3) is 3.17. The van der Waals surface area contributed by atoms with Crippen molar-refractivity contribution < 1.29 is 10.2 Å². The molecule has 2 N–H and O–H groups in total. The minimum absolute atomic E-state index is 0.157. The van der Waals surface area contributed by atoms with Gasteiger partial charge in [0.1, 0.15) is 5.01 Å². The van der Waals surface area contributed by atoms with Crippen LogP contribution in [0.1, 0.15) is 11.1 Å². The minimum Gasteiger partial charge on any atom is -0.504 e. The van der Waals surface area contributed by atoms with Gasteiger partial charge in [0.15, 0.2) is 11.5 Å². The summed E-state index contributed by atoms with van der Waals surface area (Å²) in [6, 6.07) is 18.8. The van der Waals surface area contributed by atoms with E-state index in [-0.39, 0.29) is 11.5 Å². The molecule has 1 aromatic heterocycles. The first-order chi connectivity index (χ1) is 12.6. The fourth-order valence-electron chi connectivity index (χ4n) is 2.64. The Labute approximate surface area is 154 Å². The van der Waals surface area contributed by atoms with E-state index >= 15 is 0 Å². The number of thiazole rings is 1. The van der Waals surface area contributed by atoms with Crippen LogP contribution in [0.25, 0.3) is 20.8 Å². The summed E-state index contributed by atoms with van der Waals surface area (Å²) in [7, 11) is 0. The maximum Gasteiger partial charge on any atom is 0.166 e. The molecule has 4 aromatic rings. The highest BCUT2D eigenvalue weighted by molar-refractivity contribution is 7.21. The van der Waals surface area contributed by atoms with Crippen LogP contribution in [0.2, 0.25) is 0 Å². The molecule has 0 fully saturated rings. The molecule has 0 aliphatic heterocycles. The molecule has 0 saturated heterocycles. The average Bonchev–Trinajstić information content (AvgIpc) is 3.06. The Morgan fingerprint density at radius 3 is 2.62 bits per heavy atom. The van der Waals surface area contributed by atoms with Gasteiger partial charge in [0, 0.05) is 17.3 Å². The molecule has 0 unspecified atom stereocenters. The molecule has 0 spiro atoms. The number of benzene rings is 3. The first-order valence-corrected chi connectivity index (χ1v) is 8.94. The normalized spacial score (nSPS) is 11.4. The van der Waals surface area contributed by atoms with Crippen molar-refractivity contribution in [3.63, 3.8) is 0 Å². The first-order valence-electron chi connectivity index (χ1n) is 8.13. The lowest BCUT2D eigenvalue weighted by Gasteiger charge is -2.01. The number of aliphatic imine (C=N–C) groups is 1. The molecule has 5 heteroatoms. The lowest BCUT2D eigenvalue weighted by atomic mass is 10.2. The van der Waals surface area contributed by atoms with Crippen LogP contribution in [0.3, 0.4) is 0 Å². The number of aromatic nitrogens is 1. The summed E-state index contributed by atoms with van der Waals surface area (Å²) >= 11 is 1.67. The van der Waals surface area contributed by atoms with E-state index in [0.29, 0.717) is 5.56 Å². The fourth-order valence-corrected chi connectivity index (χ4v) is 3.71. The van der Waals surface area contributed by atoms with Crippen molar-refractivity contribution in [2.24, 2.45) is 4.99 Å². The lowest BCUT2D eigenvalue weighted by Crippen LogP contribution is -1.82. The molecule has 4 nitrogen and oxygen atoms in total. The molecule has 128 valence electrons. The van der Waals surface area contributed by atoms with Crippen molar-refractivity contribution in [3.05, 3.63) is 71.8 Å². The molecule has 0 saturated carbocycles. The zero-order valence-corrected chi connectivity index (χ0v) is 14.9. The SMILES string of the molecule is Cc1ccc2nc(-c3ccc(N=Cc4cccc(O)c4O)cc3)sc2c1. The van der Waals surface area contributed by atoms with Gasteiger partial charge in [-0.2, -0.15) is 0 Å². The largest absolute Gasteiger partial charge is 0.504 e. The van der Waals surface area contributed by atoms with E-state index in [1.54, 1.807) is 23.5 Å². The Morgan fingerprint density at radius 2 is 1.81 bits per heavy atom. The number of fused-ring (bicyclic) bond motifs is 1. The summed E-state index contributed by atoms with van der Waals surface area (Å²) < 4.78 is 1.18. The van der Waals surface area contributed by atoms with Gasteiger partial charge in [-0.1, -0.05) is 12.1 Å². The van der Waals surface area contributed by atoms with Crippen LogP contribution in [0.5, 0.6) is 11.5 Å². The molecular formula is C21H16N2O2S. The van der Waals surface area contributed by atoms with Crippen molar-refractivity contribution in [3.8, 4) is 22.1 Å². The van der Waals surface area contributed by atoms with Crippen molar-refractivity contribution in [1.29, 1.82) is 0 Å². The van der Waals surface area contributed by atoms with Crippen LogP contribution < -0.4 is 0 Å². The van der Waals surface area contributed by atoms with Gasteiger partial charge in [-0.05, 0) is 61.0 Å². The van der Waals surface area contributed by atoms with Crippen molar-refractivity contribution in [2.75, 3.05) is 0 Å². The van der Waals surface area contributed by atoms with Gasteiger partial charge in [0.05, 0.1) is 15.9 Å². The van der Waals surface area contributed by atoms with Crippen molar-refractivity contribution in [2.45, 2.75) is 6.92 Å². The Bertz CT molecular complexity index is 1110. The van der Waals surface area contributed by atoms with E-state index < -0.39 is 0 Å². The molecular weight excluding hydrogens is 344 g/mol. The first kappa shape index (κ1) is 16.3. The zero-order valence-electron chi connectivity index (χ0n) is 14.0. The van der Waals surface area contributed by atoms with E-state index in [2.05, 4.69) is 29.0 Å². The van der Waals surface area contributed by atoms with Crippen LogP contribution in [0.15, 0.2) is 65.7 Å². The second-order valence-electron chi connectivity index (χ2n) is 6.01. The summed E-state index contributed by atoms with van der Waals surface area (Å²) in [5.74, 6) is -0.326. The predicted molar refractivity (Wildman–Crippen MR) is 107 cm³/mol. The van der Waals surface area contributed by atoms with Crippen molar-refractivity contribution >= 4 is 33.5 Å². The number of hydrogen-bond donors (Lipinski definition) is 2. The topological polar surface area (TPSA) is 65.7 Å². The summed E-state index contributed by atoms with van der Waals surface area (Å²) in [4.78, 5) is 9.04. The van der Waals surface area contributed by atoms with E-state index in [1.165, 1.54) is 22.5 Å². The Balaban J connectivity index is 1.59. The molecule has 0 bridgehead atoms. The molecule has 0 radical (unpaired) electrons. The molecule has 4 rings (SSSR count). The number of aryl methyl sites for hydroxylation is 1. The van der Waals surface area contributed by atoms with Crippen LogP contribution in [-0.4, -0.2) is 21.4 Å². The number of phenols is 2. The van der Waals surface area contributed by atoms with Crippen LogP contribution in [0.4, 0.5) is 5.69 Å². The van der Waals surface area contributed by atoms with E-state index in [0.717, 1.165) is 21.8 Å². The van der Waals surface area contributed by atoms with Crippen LogP contribution in [0, 0.1) is 6.92 Å². The maximum absolute atomic E-state index is 9.81. The Morgan fingerprint density at radius 1 is 1.00 bits per heavy atom. The smallest absolute Gasteiger partial charge is 0.166 e. The van der Waals surface area contributed by atoms with Gasteiger partial charge in [-0.15, -0.1) is 11.3 Å². The highest BCUT2D eigenvalue weighted by Gasteiger charge is 2.07. The van der Waals surface area contributed by atoms with Gasteiger partial charge in [0.25, 0.3) is 0 Å². The quantitative estimate of drug-likeness (QED) is 0.378. The summed E-state index contributed by atoms with van der Waals surface area (Å²) in [5, 5.41) is 20.3. The maximum atomic E-state index is 9.81. The van der Waals surface area contributed by atoms with Gasteiger partial charge >= 0.3 is 0 Å². The van der Waals surface area contributed by atoms with E-state index in [9.17, 15) is 10.2 Å². The van der Waals surface area contributed by atoms with Gasteiger partial charge < -0.3 is 10.2 Å². The molecule has 0 atom stereocenters. The molecule has 0 aliphatic carbocycles. The monoisotopic (exact) mass is 360 g/mol. The van der Waals surface area contributed by atoms with Gasteiger partial charge in [-0.3, -0.25) is 4.99 Å². The second kappa shape index (κ2) is 6.61. The van der Waals surface area contributed by atoms with E-state index in [4.69, 9.17) is 0 Å². The van der Waals surface area contributed by atoms with Crippen molar-refractivity contribution in [1.82, 2.24) is 4.98 Å².